The third kappa shape index (κ3) is 3.48. The number of carbonyl (C=O) groups is 3. The van der Waals surface area contributed by atoms with Crippen molar-refractivity contribution in [3.8, 4) is 6.07 Å². The lowest BCUT2D eigenvalue weighted by molar-refractivity contribution is -0.170. The molecule has 2 fully saturated rings. The molecule has 0 aliphatic heterocycles. The lowest BCUT2D eigenvalue weighted by atomic mass is 9.73. The highest BCUT2D eigenvalue weighted by atomic mass is 16.6. The van der Waals surface area contributed by atoms with Crippen LogP contribution in [-0.2, 0) is 28.6 Å². The van der Waals surface area contributed by atoms with Gasteiger partial charge in [0.05, 0.1) is 18.6 Å². The fourth-order valence-corrected chi connectivity index (χ4v) is 3.71. The van der Waals surface area contributed by atoms with Crippen molar-refractivity contribution in [3.05, 3.63) is 0 Å². The number of fused-ring (bicyclic) bond motifs is 2. The third-order valence-corrected chi connectivity index (χ3v) is 5.70. The predicted molar refractivity (Wildman–Crippen MR) is 85.8 cm³/mol. The molecule has 4 unspecified atom stereocenters. The van der Waals surface area contributed by atoms with Gasteiger partial charge in [0.25, 0.3) is 0 Å². The number of methoxy groups -OCH3 is 1. The SMILES string of the molecule is CCC(C)(C)C(=O)OCC(=O)OC1CC2CC1CC2(C#N)C(=O)OC. The van der Waals surface area contributed by atoms with Crippen molar-refractivity contribution < 1.29 is 28.6 Å². The Morgan fingerprint density at radius 3 is 2.44 bits per heavy atom. The molecule has 0 aromatic carbocycles. The molecule has 0 aromatic heterocycles. The van der Waals surface area contributed by atoms with Gasteiger partial charge in [-0.15, -0.1) is 0 Å². The Bertz CT molecular complexity index is 607. The van der Waals surface area contributed by atoms with Crippen molar-refractivity contribution in [1.82, 2.24) is 0 Å². The highest BCUT2D eigenvalue weighted by molar-refractivity contribution is 5.81. The van der Waals surface area contributed by atoms with Gasteiger partial charge in [0.2, 0.25) is 0 Å². The summed E-state index contributed by atoms with van der Waals surface area (Å²) in [6.45, 7) is 4.96. The van der Waals surface area contributed by atoms with E-state index in [1.54, 1.807) is 13.8 Å². The molecular weight excluding hydrogens is 326 g/mol. The van der Waals surface area contributed by atoms with Gasteiger partial charge in [0, 0.05) is 0 Å². The van der Waals surface area contributed by atoms with Crippen LogP contribution in [0.4, 0.5) is 0 Å². The van der Waals surface area contributed by atoms with Crippen LogP contribution in [0.3, 0.4) is 0 Å². The first kappa shape index (κ1) is 19.2. The van der Waals surface area contributed by atoms with Crippen molar-refractivity contribution in [1.29, 1.82) is 5.26 Å². The third-order valence-electron chi connectivity index (χ3n) is 5.70. The van der Waals surface area contributed by atoms with Crippen molar-refractivity contribution in [2.24, 2.45) is 22.7 Å². The van der Waals surface area contributed by atoms with Gasteiger partial charge in [-0.3, -0.25) is 9.59 Å². The van der Waals surface area contributed by atoms with Gasteiger partial charge in [0.1, 0.15) is 6.10 Å². The molecule has 138 valence electrons. The number of nitriles is 1. The van der Waals surface area contributed by atoms with E-state index in [9.17, 15) is 19.6 Å². The maximum Gasteiger partial charge on any atom is 0.344 e. The number of nitrogens with zero attached hydrogens (tertiary/aromatic N) is 1. The van der Waals surface area contributed by atoms with E-state index in [1.807, 2.05) is 6.92 Å². The summed E-state index contributed by atoms with van der Waals surface area (Å²) >= 11 is 0. The van der Waals surface area contributed by atoms with E-state index in [0.29, 0.717) is 25.7 Å². The number of rotatable bonds is 6. The Morgan fingerprint density at radius 1 is 1.28 bits per heavy atom. The van der Waals surface area contributed by atoms with Crippen LogP contribution in [-0.4, -0.2) is 37.7 Å². The highest BCUT2D eigenvalue weighted by Gasteiger charge is 2.61. The summed E-state index contributed by atoms with van der Waals surface area (Å²) in [5.74, 6) is -1.76. The lowest BCUT2D eigenvalue weighted by Gasteiger charge is -2.31. The van der Waals surface area contributed by atoms with Gasteiger partial charge in [-0.05, 0) is 51.4 Å². The van der Waals surface area contributed by atoms with Gasteiger partial charge in [-0.1, -0.05) is 6.92 Å². The minimum Gasteiger partial charge on any atom is -0.468 e. The van der Waals surface area contributed by atoms with Gasteiger partial charge < -0.3 is 14.2 Å². The molecule has 2 aliphatic rings. The number of hydrogen-bond donors (Lipinski definition) is 0. The van der Waals surface area contributed by atoms with Gasteiger partial charge in [-0.25, -0.2) is 4.79 Å². The quantitative estimate of drug-likeness (QED) is 0.532. The molecule has 0 amide bonds. The van der Waals surface area contributed by atoms with Crippen LogP contribution in [0.1, 0.15) is 46.5 Å². The van der Waals surface area contributed by atoms with E-state index in [-0.39, 0.29) is 17.9 Å². The monoisotopic (exact) mass is 351 g/mol. The molecule has 7 heteroatoms. The zero-order valence-electron chi connectivity index (χ0n) is 15.2. The Labute approximate surface area is 147 Å². The van der Waals surface area contributed by atoms with E-state index in [4.69, 9.17) is 14.2 Å². The molecule has 0 saturated heterocycles. The number of hydrogen-bond acceptors (Lipinski definition) is 7. The Hall–Kier alpha value is -2.10. The topological polar surface area (TPSA) is 103 Å². The first-order chi connectivity index (χ1) is 11.7. The largest absolute Gasteiger partial charge is 0.468 e. The van der Waals surface area contributed by atoms with E-state index in [1.165, 1.54) is 7.11 Å². The zero-order valence-corrected chi connectivity index (χ0v) is 15.2. The summed E-state index contributed by atoms with van der Waals surface area (Å²) in [6.07, 6.45) is 1.70. The molecule has 0 radical (unpaired) electrons. The van der Waals surface area contributed by atoms with E-state index >= 15 is 0 Å². The summed E-state index contributed by atoms with van der Waals surface area (Å²) in [5.41, 5.74) is -1.76. The maximum absolute atomic E-state index is 12.0. The maximum atomic E-state index is 12.0. The Morgan fingerprint density at radius 2 is 1.96 bits per heavy atom. The van der Waals surface area contributed by atoms with Crippen LogP contribution < -0.4 is 0 Å². The normalized spacial score (nSPS) is 30.4. The molecule has 0 spiro atoms. The first-order valence-electron chi connectivity index (χ1n) is 8.56. The molecule has 0 N–H and O–H groups in total. The van der Waals surface area contributed by atoms with Crippen LogP contribution in [0.5, 0.6) is 0 Å². The second kappa shape index (κ2) is 7.03. The van der Waals surface area contributed by atoms with Crippen LogP contribution >= 0.6 is 0 Å². The second-order valence-electron chi connectivity index (χ2n) is 7.55. The molecule has 2 aliphatic carbocycles. The van der Waals surface area contributed by atoms with Gasteiger partial charge in [0.15, 0.2) is 12.0 Å². The second-order valence-corrected chi connectivity index (χ2v) is 7.55. The summed E-state index contributed by atoms with van der Waals surface area (Å²) in [6, 6.07) is 2.11. The Kier molecular flexibility index (Phi) is 5.40. The molecule has 4 atom stereocenters. The van der Waals surface area contributed by atoms with Crippen LogP contribution in [0, 0.1) is 34.0 Å². The van der Waals surface area contributed by atoms with Crippen LogP contribution in [0.25, 0.3) is 0 Å². The smallest absolute Gasteiger partial charge is 0.344 e. The number of carbonyl (C=O) groups excluding carboxylic acids is 3. The molecule has 25 heavy (non-hydrogen) atoms. The molecular formula is C18H25NO6. The standard InChI is InChI=1S/C18H25NO6/c1-5-17(2,3)15(21)24-9-14(20)25-13-7-12-6-11(13)8-18(12,10-19)16(22)23-4/h11-13H,5-9H2,1-4H3. The fourth-order valence-electron chi connectivity index (χ4n) is 3.71. The highest BCUT2D eigenvalue weighted by Crippen LogP contribution is 2.57. The van der Waals surface area contributed by atoms with Crippen molar-refractivity contribution in [2.45, 2.75) is 52.6 Å². The molecule has 2 rings (SSSR count). The average Bonchev–Trinajstić information content (AvgIpc) is 3.16. The van der Waals surface area contributed by atoms with Gasteiger partial charge >= 0.3 is 17.9 Å². The minimum atomic E-state index is -1.13. The molecule has 0 aromatic rings. The van der Waals surface area contributed by atoms with E-state index < -0.39 is 35.3 Å². The number of ether oxygens (including phenoxy) is 3. The van der Waals surface area contributed by atoms with Crippen molar-refractivity contribution >= 4 is 17.9 Å². The summed E-state index contributed by atoms with van der Waals surface area (Å²) in [4.78, 5) is 35.8. The van der Waals surface area contributed by atoms with Crippen LogP contribution in [0.2, 0.25) is 0 Å². The first-order valence-corrected chi connectivity index (χ1v) is 8.56. The summed E-state index contributed by atoms with van der Waals surface area (Å²) in [5, 5.41) is 9.44. The molecule has 2 bridgehead atoms. The van der Waals surface area contributed by atoms with Crippen LogP contribution in [0.15, 0.2) is 0 Å². The zero-order chi connectivity index (χ0) is 18.8. The number of esters is 3. The van der Waals surface area contributed by atoms with Gasteiger partial charge in [-0.2, -0.15) is 5.26 Å². The molecule has 7 nitrogen and oxygen atoms in total. The lowest BCUT2D eigenvalue weighted by Crippen LogP contribution is -2.40. The average molecular weight is 351 g/mol. The Balaban J connectivity index is 1.87. The molecule has 2 saturated carbocycles. The minimum absolute atomic E-state index is 0.0458. The predicted octanol–water partition coefficient (Wildman–Crippen LogP) is 1.99. The summed E-state index contributed by atoms with van der Waals surface area (Å²) < 4.78 is 15.2. The van der Waals surface area contributed by atoms with Crippen molar-refractivity contribution in [3.63, 3.8) is 0 Å². The fraction of sp³-hybridized carbons (Fsp3) is 0.778. The van der Waals surface area contributed by atoms with E-state index in [0.717, 1.165) is 0 Å². The molecule has 0 heterocycles. The van der Waals surface area contributed by atoms with Crippen molar-refractivity contribution in [2.75, 3.05) is 13.7 Å². The summed E-state index contributed by atoms with van der Waals surface area (Å²) in [7, 11) is 1.27. The van der Waals surface area contributed by atoms with E-state index in [2.05, 4.69) is 6.07 Å².